The SMILES string of the molecule is CCOC(=O)c1nc(C)n(CCC2=CCCCC2)c1N. The van der Waals surface area contributed by atoms with Gasteiger partial charge in [0.2, 0.25) is 0 Å². The summed E-state index contributed by atoms with van der Waals surface area (Å²) in [6, 6.07) is 0. The molecule has 5 heteroatoms. The van der Waals surface area contributed by atoms with E-state index < -0.39 is 5.97 Å². The van der Waals surface area contributed by atoms with Crippen molar-refractivity contribution >= 4 is 11.8 Å². The molecule has 1 aromatic rings. The summed E-state index contributed by atoms with van der Waals surface area (Å²) in [5.74, 6) is 0.739. The molecule has 0 saturated heterocycles. The third-order valence-corrected chi connectivity index (χ3v) is 3.71. The number of aryl methyl sites for hydroxylation is 1. The van der Waals surface area contributed by atoms with Crippen LogP contribution in [0, 0.1) is 6.92 Å². The normalized spacial score (nSPS) is 15.0. The molecule has 1 aromatic heterocycles. The van der Waals surface area contributed by atoms with Crippen LogP contribution in [-0.2, 0) is 11.3 Å². The van der Waals surface area contributed by atoms with E-state index in [2.05, 4.69) is 11.1 Å². The van der Waals surface area contributed by atoms with Gasteiger partial charge in [-0.15, -0.1) is 0 Å². The zero-order valence-electron chi connectivity index (χ0n) is 12.3. The second kappa shape index (κ2) is 6.59. The molecule has 1 aliphatic carbocycles. The summed E-state index contributed by atoms with van der Waals surface area (Å²) in [6.45, 7) is 4.74. The lowest BCUT2D eigenvalue weighted by Crippen LogP contribution is -2.11. The Hall–Kier alpha value is -1.78. The number of carbonyl (C=O) groups is 1. The van der Waals surface area contributed by atoms with Crippen LogP contribution in [0.5, 0.6) is 0 Å². The summed E-state index contributed by atoms with van der Waals surface area (Å²) in [5.41, 5.74) is 7.76. The number of hydrogen-bond acceptors (Lipinski definition) is 4. The fraction of sp³-hybridized carbons (Fsp3) is 0.600. The standard InChI is InChI=1S/C15H23N3O2/c1-3-20-15(19)13-14(16)18(11(2)17-13)10-9-12-7-5-4-6-8-12/h7H,3-6,8-10,16H2,1-2H3. The Morgan fingerprint density at radius 1 is 1.50 bits per heavy atom. The molecule has 110 valence electrons. The minimum atomic E-state index is -0.441. The number of nitrogens with two attached hydrogens (primary N) is 1. The summed E-state index contributed by atoms with van der Waals surface area (Å²) in [6.07, 6.45) is 8.24. The first kappa shape index (κ1) is 14.6. The molecule has 0 amide bonds. The number of rotatable bonds is 5. The molecular formula is C15H23N3O2. The highest BCUT2D eigenvalue weighted by molar-refractivity contribution is 5.92. The molecule has 1 heterocycles. The predicted molar refractivity (Wildman–Crippen MR) is 78.5 cm³/mol. The fourth-order valence-corrected chi connectivity index (χ4v) is 2.60. The lowest BCUT2D eigenvalue weighted by atomic mass is 9.97. The molecule has 0 atom stereocenters. The summed E-state index contributed by atoms with van der Waals surface area (Å²) in [5, 5.41) is 0. The Morgan fingerprint density at radius 3 is 2.95 bits per heavy atom. The zero-order chi connectivity index (χ0) is 14.5. The number of nitrogens with zero attached hydrogens (tertiary/aromatic N) is 2. The fourth-order valence-electron chi connectivity index (χ4n) is 2.60. The summed E-state index contributed by atoms with van der Waals surface area (Å²) in [7, 11) is 0. The van der Waals surface area contributed by atoms with Crippen molar-refractivity contribution in [1.29, 1.82) is 0 Å². The molecule has 1 aliphatic rings. The van der Waals surface area contributed by atoms with Crippen LogP contribution in [0.25, 0.3) is 0 Å². The highest BCUT2D eigenvalue weighted by Crippen LogP contribution is 2.22. The third-order valence-electron chi connectivity index (χ3n) is 3.71. The van der Waals surface area contributed by atoms with Crippen LogP contribution in [-0.4, -0.2) is 22.1 Å². The molecule has 0 aliphatic heterocycles. The number of hydrogen-bond donors (Lipinski definition) is 1. The number of anilines is 1. The molecule has 2 N–H and O–H groups in total. The predicted octanol–water partition coefficient (Wildman–Crippen LogP) is 2.84. The quantitative estimate of drug-likeness (QED) is 0.663. The molecule has 0 aromatic carbocycles. The van der Waals surface area contributed by atoms with Crippen LogP contribution in [0.1, 0.15) is 55.3 Å². The van der Waals surface area contributed by atoms with E-state index in [1.807, 2.05) is 11.5 Å². The minimum absolute atomic E-state index is 0.238. The van der Waals surface area contributed by atoms with E-state index in [9.17, 15) is 4.79 Å². The molecule has 0 fully saturated rings. The lowest BCUT2D eigenvalue weighted by molar-refractivity contribution is 0.0521. The van der Waals surface area contributed by atoms with Gasteiger partial charge in [-0.1, -0.05) is 11.6 Å². The first-order chi connectivity index (χ1) is 9.63. The van der Waals surface area contributed by atoms with Crippen LogP contribution in [0.2, 0.25) is 0 Å². The monoisotopic (exact) mass is 277 g/mol. The molecule has 0 unspecified atom stereocenters. The Morgan fingerprint density at radius 2 is 2.30 bits per heavy atom. The summed E-state index contributed by atoms with van der Waals surface area (Å²) in [4.78, 5) is 16.0. The van der Waals surface area contributed by atoms with Crippen LogP contribution in [0.4, 0.5) is 5.82 Å². The topological polar surface area (TPSA) is 70.1 Å². The van der Waals surface area contributed by atoms with Gasteiger partial charge in [-0.05, 0) is 46.0 Å². The molecular weight excluding hydrogens is 254 g/mol. The average Bonchev–Trinajstić information content (AvgIpc) is 2.73. The number of ether oxygens (including phenoxy) is 1. The van der Waals surface area contributed by atoms with Gasteiger partial charge in [-0.25, -0.2) is 9.78 Å². The largest absolute Gasteiger partial charge is 0.461 e. The number of carbonyl (C=O) groups excluding carboxylic acids is 1. The van der Waals surface area contributed by atoms with Gasteiger partial charge in [-0.2, -0.15) is 0 Å². The lowest BCUT2D eigenvalue weighted by Gasteiger charge is -2.14. The van der Waals surface area contributed by atoms with Crippen molar-refractivity contribution in [3.05, 3.63) is 23.2 Å². The van der Waals surface area contributed by atoms with Gasteiger partial charge in [0.1, 0.15) is 11.6 Å². The van der Waals surface area contributed by atoms with E-state index in [-0.39, 0.29) is 5.69 Å². The van der Waals surface area contributed by atoms with E-state index >= 15 is 0 Å². The molecule has 2 rings (SSSR count). The van der Waals surface area contributed by atoms with Crippen LogP contribution >= 0.6 is 0 Å². The molecule has 20 heavy (non-hydrogen) atoms. The zero-order valence-corrected chi connectivity index (χ0v) is 12.3. The maximum absolute atomic E-state index is 11.7. The molecule has 5 nitrogen and oxygen atoms in total. The van der Waals surface area contributed by atoms with Gasteiger partial charge in [0.15, 0.2) is 5.69 Å². The van der Waals surface area contributed by atoms with E-state index in [0.717, 1.165) is 18.8 Å². The number of esters is 1. The second-order valence-electron chi connectivity index (χ2n) is 5.12. The highest BCUT2D eigenvalue weighted by Gasteiger charge is 2.19. The molecule has 0 bridgehead atoms. The van der Waals surface area contributed by atoms with Crippen LogP contribution in [0.15, 0.2) is 11.6 Å². The Bertz CT molecular complexity index is 517. The van der Waals surface area contributed by atoms with E-state index in [1.165, 1.54) is 31.3 Å². The Labute approximate surface area is 119 Å². The number of nitrogen functional groups attached to an aromatic ring is 1. The van der Waals surface area contributed by atoms with Crippen molar-refractivity contribution in [2.75, 3.05) is 12.3 Å². The van der Waals surface area contributed by atoms with Gasteiger partial charge in [0, 0.05) is 6.54 Å². The first-order valence-electron chi connectivity index (χ1n) is 7.31. The Kier molecular flexibility index (Phi) is 4.82. The number of allylic oxidation sites excluding steroid dienone is 2. The van der Waals surface area contributed by atoms with Crippen LogP contribution in [0.3, 0.4) is 0 Å². The third kappa shape index (κ3) is 3.21. The van der Waals surface area contributed by atoms with Gasteiger partial charge >= 0.3 is 5.97 Å². The van der Waals surface area contributed by atoms with Crippen LogP contribution < -0.4 is 5.73 Å². The van der Waals surface area contributed by atoms with Crippen molar-refractivity contribution in [3.63, 3.8) is 0 Å². The molecule has 0 radical (unpaired) electrons. The van der Waals surface area contributed by atoms with E-state index in [0.29, 0.717) is 12.4 Å². The smallest absolute Gasteiger partial charge is 0.360 e. The van der Waals surface area contributed by atoms with Gasteiger partial charge in [-0.3, -0.25) is 0 Å². The van der Waals surface area contributed by atoms with E-state index in [1.54, 1.807) is 6.92 Å². The van der Waals surface area contributed by atoms with Crippen molar-refractivity contribution < 1.29 is 9.53 Å². The number of aromatic nitrogens is 2. The summed E-state index contributed by atoms with van der Waals surface area (Å²) < 4.78 is 6.87. The molecule has 0 spiro atoms. The van der Waals surface area contributed by atoms with Gasteiger partial charge < -0.3 is 15.0 Å². The first-order valence-corrected chi connectivity index (χ1v) is 7.31. The maximum atomic E-state index is 11.7. The second-order valence-corrected chi connectivity index (χ2v) is 5.12. The Balaban J connectivity index is 2.08. The van der Waals surface area contributed by atoms with Gasteiger partial charge in [0.25, 0.3) is 0 Å². The number of imidazole rings is 1. The van der Waals surface area contributed by atoms with Crippen molar-refractivity contribution in [2.24, 2.45) is 0 Å². The minimum Gasteiger partial charge on any atom is -0.461 e. The average molecular weight is 277 g/mol. The molecule has 0 saturated carbocycles. The van der Waals surface area contributed by atoms with Gasteiger partial charge in [0.05, 0.1) is 6.61 Å². The highest BCUT2D eigenvalue weighted by atomic mass is 16.5. The summed E-state index contributed by atoms with van der Waals surface area (Å²) >= 11 is 0. The van der Waals surface area contributed by atoms with E-state index in [4.69, 9.17) is 10.5 Å². The van der Waals surface area contributed by atoms with Crippen molar-refractivity contribution in [2.45, 2.75) is 52.5 Å². The maximum Gasteiger partial charge on any atom is 0.360 e. The van der Waals surface area contributed by atoms with Crippen molar-refractivity contribution in [3.8, 4) is 0 Å². The van der Waals surface area contributed by atoms with Crippen molar-refractivity contribution in [1.82, 2.24) is 9.55 Å².